The Kier molecular flexibility index (Phi) is 5.44. The maximum atomic E-state index is 11.4. The van der Waals surface area contributed by atoms with Crippen molar-refractivity contribution in [2.75, 3.05) is 0 Å². The minimum Gasteiger partial charge on any atom is -0.490 e. The monoisotopic (exact) mass is 407 g/mol. The number of nitrogens with zero attached hydrogens (tertiary/aromatic N) is 1. The first-order valence-electron chi connectivity index (χ1n) is 11.7. The molecule has 2 atom stereocenters. The average molecular weight is 408 g/mol. The van der Waals surface area contributed by atoms with Gasteiger partial charge in [0.1, 0.15) is 5.75 Å². The summed E-state index contributed by atoms with van der Waals surface area (Å²) in [7, 11) is 0. The molecular weight excluding hydrogens is 374 g/mol. The highest BCUT2D eigenvalue weighted by Crippen LogP contribution is 2.40. The maximum absolute atomic E-state index is 11.4. The topological polar surface area (TPSA) is 49.8 Å². The van der Waals surface area contributed by atoms with Crippen molar-refractivity contribution in [2.45, 2.75) is 83.0 Å². The zero-order chi connectivity index (χ0) is 20.7. The van der Waals surface area contributed by atoms with Crippen LogP contribution in [0.15, 0.2) is 36.4 Å². The number of carbonyl (C=O) groups is 1. The fourth-order valence-corrected chi connectivity index (χ4v) is 5.98. The van der Waals surface area contributed by atoms with Crippen molar-refractivity contribution in [3.63, 3.8) is 0 Å². The van der Waals surface area contributed by atoms with Gasteiger partial charge in [-0.3, -0.25) is 9.69 Å². The molecule has 0 spiro atoms. The van der Waals surface area contributed by atoms with Gasteiger partial charge in [-0.25, -0.2) is 0 Å². The van der Waals surface area contributed by atoms with Crippen LogP contribution < -0.4 is 4.74 Å². The Morgan fingerprint density at radius 2 is 1.77 bits per heavy atom. The number of piperidine rings is 1. The van der Waals surface area contributed by atoms with Crippen molar-refractivity contribution in [3.05, 3.63) is 42.0 Å². The van der Waals surface area contributed by atoms with Crippen LogP contribution in [0.2, 0.25) is 0 Å². The zero-order valence-electron chi connectivity index (χ0n) is 17.9. The minimum absolute atomic E-state index is 0.155. The van der Waals surface area contributed by atoms with E-state index in [0.717, 1.165) is 56.7 Å². The third-order valence-corrected chi connectivity index (χ3v) is 7.76. The number of ether oxygens (including phenoxy) is 1. The smallest absolute Gasteiger partial charge is 0.306 e. The van der Waals surface area contributed by atoms with Crippen LogP contribution in [0.5, 0.6) is 5.75 Å². The van der Waals surface area contributed by atoms with E-state index >= 15 is 0 Å². The van der Waals surface area contributed by atoms with Crippen molar-refractivity contribution in [2.24, 2.45) is 11.8 Å². The van der Waals surface area contributed by atoms with Crippen LogP contribution in [0.3, 0.4) is 0 Å². The average Bonchev–Trinajstić information content (AvgIpc) is 2.96. The van der Waals surface area contributed by atoms with E-state index < -0.39 is 5.97 Å². The van der Waals surface area contributed by atoms with Crippen molar-refractivity contribution in [3.8, 4) is 5.75 Å². The SMILES string of the molecule is C[C@H]1CC[C@@H](Oc2cccc3cc(CN4C5CCC4CC(C(=O)O)C5)ccc23)CC1. The Labute approximate surface area is 179 Å². The van der Waals surface area contributed by atoms with E-state index in [0.29, 0.717) is 18.2 Å². The molecule has 5 rings (SSSR count). The molecule has 1 N–H and O–H groups in total. The van der Waals surface area contributed by atoms with E-state index in [1.165, 1.54) is 29.2 Å². The molecule has 0 radical (unpaired) electrons. The highest BCUT2D eigenvalue weighted by atomic mass is 16.5. The van der Waals surface area contributed by atoms with Gasteiger partial charge in [0, 0.05) is 24.0 Å². The number of rotatable bonds is 5. The molecule has 1 aliphatic carbocycles. The summed E-state index contributed by atoms with van der Waals surface area (Å²) in [5.41, 5.74) is 1.32. The van der Waals surface area contributed by atoms with Gasteiger partial charge in [0.15, 0.2) is 0 Å². The molecule has 3 aliphatic rings. The molecule has 2 unspecified atom stereocenters. The van der Waals surface area contributed by atoms with Crippen LogP contribution in [-0.4, -0.2) is 34.2 Å². The van der Waals surface area contributed by atoms with E-state index in [1.54, 1.807) is 0 Å². The third-order valence-electron chi connectivity index (χ3n) is 7.76. The van der Waals surface area contributed by atoms with Crippen LogP contribution in [-0.2, 0) is 11.3 Å². The fourth-order valence-electron chi connectivity index (χ4n) is 5.98. The fraction of sp³-hybridized carbons (Fsp3) is 0.577. The summed E-state index contributed by atoms with van der Waals surface area (Å²) in [5, 5.41) is 11.9. The molecule has 3 fully saturated rings. The summed E-state index contributed by atoms with van der Waals surface area (Å²) in [5.74, 6) is 1.08. The molecule has 2 aliphatic heterocycles. The Balaban J connectivity index is 1.31. The number of hydrogen-bond acceptors (Lipinski definition) is 3. The van der Waals surface area contributed by atoms with Crippen molar-refractivity contribution in [1.82, 2.24) is 4.90 Å². The summed E-state index contributed by atoms with van der Waals surface area (Å²) < 4.78 is 6.42. The Morgan fingerprint density at radius 1 is 1.03 bits per heavy atom. The number of fused-ring (bicyclic) bond motifs is 3. The molecular formula is C26H33NO3. The Hall–Kier alpha value is -2.07. The number of benzene rings is 2. The van der Waals surface area contributed by atoms with Gasteiger partial charge < -0.3 is 9.84 Å². The van der Waals surface area contributed by atoms with Gasteiger partial charge in [-0.15, -0.1) is 0 Å². The lowest BCUT2D eigenvalue weighted by Gasteiger charge is -2.37. The van der Waals surface area contributed by atoms with Crippen molar-refractivity contribution >= 4 is 16.7 Å². The first-order valence-corrected chi connectivity index (χ1v) is 11.7. The largest absolute Gasteiger partial charge is 0.490 e. The van der Waals surface area contributed by atoms with Crippen LogP contribution >= 0.6 is 0 Å². The molecule has 2 bridgehead atoms. The summed E-state index contributed by atoms with van der Waals surface area (Å²) in [4.78, 5) is 14.0. The molecule has 30 heavy (non-hydrogen) atoms. The lowest BCUT2D eigenvalue weighted by atomic mass is 9.89. The molecule has 160 valence electrons. The molecule has 2 saturated heterocycles. The summed E-state index contributed by atoms with van der Waals surface area (Å²) in [6.07, 6.45) is 9.07. The normalized spacial score (nSPS) is 31.7. The van der Waals surface area contributed by atoms with Gasteiger partial charge in [-0.2, -0.15) is 0 Å². The third kappa shape index (κ3) is 3.94. The Bertz CT molecular complexity index is 904. The molecule has 2 aromatic rings. The van der Waals surface area contributed by atoms with Crippen LogP contribution in [0, 0.1) is 11.8 Å². The second-order valence-corrected chi connectivity index (χ2v) is 9.88. The van der Waals surface area contributed by atoms with Crippen LogP contribution in [0.4, 0.5) is 0 Å². The summed E-state index contributed by atoms with van der Waals surface area (Å²) in [6, 6.07) is 14.0. The summed E-state index contributed by atoms with van der Waals surface area (Å²) >= 11 is 0. The number of carboxylic acids is 1. The second-order valence-electron chi connectivity index (χ2n) is 9.88. The molecule has 2 aromatic carbocycles. The predicted molar refractivity (Wildman–Crippen MR) is 119 cm³/mol. The lowest BCUT2D eigenvalue weighted by molar-refractivity contribution is -0.144. The van der Waals surface area contributed by atoms with Gasteiger partial charge in [0.2, 0.25) is 0 Å². The van der Waals surface area contributed by atoms with Crippen molar-refractivity contribution in [1.29, 1.82) is 0 Å². The van der Waals surface area contributed by atoms with Gasteiger partial charge >= 0.3 is 5.97 Å². The molecule has 2 heterocycles. The molecule has 1 saturated carbocycles. The van der Waals surface area contributed by atoms with Gasteiger partial charge in [-0.05, 0) is 80.4 Å². The van der Waals surface area contributed by atoms with Gasteiger partial charge in [-0.1, -0.05) is 31.2 Å². The highest BCUT2D eigenvalue weighted by Gasteiger charge is 2.42. The first-order chi connectivity index (χ1) is 14.6. The predicted octanol–water partition coefficient (Wildman–Crippen LogP) is 5.62. The van der Waals surface area contributed by atoms with Gasteiger partial charge in [0.05, 0.1) is 12.0 Å². The standard InChI is InChI=1S/C26H33NO3/c1-17-5-10-23(11-6-17)30-25-4-2-3-19-13-18(7-12-24(19)25)16-27-21-8-9-22(27)15-20(14-21)26(28)29/h2-4,7,12-13,17,20-23H,5-6,8-11,14-16H2,1H3,(H,28,29)/t17-,20?,21?,22?,23+. The number of carboxylic acid groups (broad SMARTS) is 1. The zero-order valence-corrected chi connectivity index (χ0v) is 17.9. The quantitative estimate of drug-likeness (QED) is 0.698. The Morgan fingerprint density at radius 3 is 2.47 bits per heavy atom. The molecule has 4 heteroatoms. The highest BCUT2D eigenvalue weighted by molar-refractivity contribution is 5.88. The lowest BCUT2D eigenvalue weighted by Crippen LogP contribution is -2.44. The van der Waals surface area contributed by atoms with E-state index in [2.05, 4.69) is 48.2 Å². The number of aliphatic carboxylic acids is 1. The van der Waals surface area contributed by atoms with Crippen LogP contribution in [0.1, 0.15) is 63.9 Å². The maximum Gasteiger partial charge on any atom is 0.306 e. The second kappa shape index (κ2) is 8.22. The molecule has 0 aromatic heterocycles. The van der Waals surface area contributed by atoms with Crippen LogP contribution in [0.25, 0.3) is 10.8 Å². The number of hydrogen-bond donors (Lipinski definition) is 1. The van der Waals surface area contributed by atoms with E-state index in [1.807, 2.05) is 0 Å². The van der Waals surface area contributed by atoms with Gasteiger partial charge in [0.25, 0.3) is 0 Å². The van der Waals surface area contributed by atoms with E-state index in [-0.39, 0.29) is 5.92 Å². The van der Waals surface area contributed by atoms with E-state index in [4.69, 9.17) is 4.74 Å². The molecule has 4 nitrogen and oxygen atoms in total. The first kappa shape index (κ1) is 19.9. The summed E-state index contributed by atoms with van der Waals surface area (Å²) in [6.45, 7) is 3.26. The minimum atomic E-state index is -0.614. The molecule has 0 amide bonds. The van der Waals surface area contributed by atoms with E-state index in [9.17, 15) is 9.90 Å². The van der Waals surface area contributed by atoms with Crippen molar-refractivity contribution < 1.29 is 14.6 Å².